The molecule has 1 atom stereocenters. The van der Waals surface area contributed by atoms with Crippen LogP contribution in [-0.2, 0) is 6.54 Å². The molecule has 0 fully saturated rings. The van der Waals surface area contributed by atoms with Crippen molar-refractivity contribution in [2.24, 2.45) is 0 Å². The molecule has 1 aromatic carbocycles. The first-order chi connectivity index (χ1) is 16.4. The number of pyridine rings is 1. The van der Waals surface area contributed by atoms with Gasteiger partial charge in [0, 0.05) is 33.3 Å². The van der Waals surface area contributed by atoms with E-state index in [0.717, 1.165) is 24.1 Å². The number of nitrogens with one attached hydrogen (secondary N) is 1. The Labute approximate surface area is 200 Å². The second-order valence-corrected chi connectivity index (χ2v) is 8.09. The van der Waals surface area contributed by atoms with Crippen LogP contribution < -0.4 is 15.6 Å². The number of nitrogens with zero attached hydrogens (tertiary/aromatic N) is 5. The number of benzene rings is 1. The molecular formula is C25H32N6O3. The Morgan fingerprint density at radius 1 is 1.21 bits per heavy atom. The van der Waals surface area contributed by atoms with Gasteiger partial charge in [0.2, 0.25) is 0 Å². The highest BCUT2D eigenvalue weighted by Gasteiger charge is 2.19. The van der Waals surface area contributed by atoms with E-state index in [1.165, 1.54) is 0 Å². The van der Waals surface area contributed by atoms with E-state index in [2.05, 4.69) is 20.5 Å². The third-order valence-electron chi connectivity index (χ3n) is 5.76. The molecule has 0 aliphatic heterocycles. The Bertz CT molecular complexity index is 1370. The maximum Gasteiger partial charge on any atom is 0.268 e. The summed E-state index contributed by atoms with van der Waals surface area (Å²) in [5.41, 5.74) is 4.28. The van der Waals surface area contributed by atoms with Gasteiger partial charge in [-0.25, -0.2) is 4.98 Å². The Balaban J connectivity index is 0.00000228. The van der Waals surface area contributed by atoms with Gasteiger partial charge >= 0.3 is 0 Å². The van der Waals surface area contributed by atoms with E-state index >= 15 is 0 Å². The standard InChI is InChI=1S/C25H28N6O3.2H2/c1-6-15(2)31-14-18(8-10-22(31)32)20-13-27-16(3)23(28-20)25-30-29-24(34-25)19-9-7-17(12-26-4)11-21(19)33-5;;/h7-11,13-15,26H,6,12H2,1-5H3;2*1H. The van der Waals surface area contributed by atoms with E-state index in [9.17, 15) is 4.79 Å². The van der Waals surface area contributed by atoms with Crippen LogP contribution in [0.3, 0.4) is 0 Å². The third-order valence-corrected chi connectivity index (χ3v) is 5.76. The molecule has 9 nitrogen and oxygen atoms in total. The van der Waals surface area contributed by atoms with Gasteiger partial charge in [-0.2, -0.15) is 0 Å². The maximum atomic E-state index is 12.3. The zero-order valence-electron chi connectivity index (χ0n) is 20.0. The van der Waals surface area contributed by atoms with Gasteiger partial charge in [-0.15, -0.1) is 10.2 Å². The van der Waals surface area contributed by atoms with Crippen molar-refractivity contribution in [2.45, 2.75) is 39.8 Å². The van der Waals surface area contributed by atoms with Crippen LogP contribution in [0.2, 0.25) is 0 Å². The highest BCUT2D eigenvalue weighted by Crippen LogP contribution is 2.32. The summed E-state index contributed by atoms with van der Waals surface area (Å²) in [5.74, 6) is 1.24. The lowest BCUT2D eigenvalue weighted by Crippen LogP contribution is -2.21. The summed E-state index contributed by atoms with van der Waals surface area (Å²) < 4.78 is 13.2. The number of ether oxygens (including phenoxy) is 1. The molecule has 3 heterocycles. The average Bonchev–Trinajstić information content (AvgIpc) is 3.34. The van der Waals surface area contributed by atoms with Crippen LogP contribution in [0.15, 0.2) is 51.9 Å². The first kappa shape index (κ1) is 23.3. The fraction of sp³-hybridized carbons (Fsp3) is 0.320. The second-order valence-electron chi connectivity index (χ2n) is 8.09. The summed E-state index contributed by atoms with van der Waals surface area (Å²) >= 11 is 0. The summed E-state index contributed by atoms with van der Waals surface area (Å²) in [6.07, 6.45) is 4.34. The quantitative estimate of drug-likeness (QED) is 0.405. The van der Waals surface area contributed by atoms with Gasteiger partial charge in [0.05, 0.1) is 30.3 Å². The number of hydrogen-bond acceptors (Lipinski definition) is 8. The van der Waals surface area contributed by atoms with E-state index in [4.69, 9.17) is 14.1 Å². The predicted molar refractivity (Wildman–Crippen MR) is 134 cm³/mol. The Hall–Kier alpha value is -3.85. The summed E-state index contributed by atoms with van der Waals surface area (Å²) in [6.45, 7) is 6.61. The fourth-order valence-electron chi connectivity index (χ4n) is 3.64. The van der Waals surface area contributed by atoms with Crippen LogP contribution >= 0.6 is 0 Å². The van der Waals surface area contributed by atoms with Gasteiger partial charge in [-0.1, -0.05) is 13.0 Å². The van der Waals surface area contributed by atoms with Gasteiger partial charge in [0.15, 0.2) is 0 Å². The van der Waals surface area contributed by atoms with Crippen molar-refractivity contribution >= 4 is 0 Å². The van der Waals surface area contributed by atoms with Crippen molar-refractivity contribution in [3.63, 3.8) is 0 Å². The predicted octanol–water partition coefficient (Wildman–Crippen LogP) is 4.52. The molecule has 0 spiro atoms. The number of rotatable bonds is 8. The van der Waals surface area contributed by atoms with Crippen molar-refractivity contribution < 1.29 is 12.0 Å². The van der Waals surface area contributed by atoms with E-state index in [1.807, 2.05) is 52.2 Å². The first-order valence-electron chi connectivity index (χ1n) is 11.2. The molecule has 0 saturated heterocycles. The lowest BCUT2D eigenvalue weighted by atomic mass is 10.1. The summed E-state index contributed by atoms with van der Waals surface area (Å²) in [6, 6.07) is 9.21. The van der Waals surface area contributed by atoms with E-state index in [-0.39, 0.29) is 20.3 Å². The molecule has 34 heavy (non-hydrogen) atoms. The normalized spacial score (nSPS) is 12.0. The molecule has 0 aliphatic carbocycles. The van der Waals surface area contributed by atoms with Crippen LogP contribution in [0, 0.1) is 6.92 Å². The zero-order chi connectivity index (χ0) is 24.2. The Morgan fingerprint density at radius 3 is 2.74 bits per heavy atom. The van der Waals surface area contributed by atoms with Crippen LogP contribution in [-0.4, -0.2) is 38.9 Å². The van der Waals surface area contributed by atoms with Gasteiger partial charge in [0.1, 0.15) is 11.4 Å². The van der Waals surface area contributed by atoms with Gasteiger partial charge < -0.3 is 19.0 Å². The average molecular weight is 465 g/mol. The molecular weight excluding hydrogens is 432 g/mol. The SMILES string of the molecule is CCC(C)n1cc(-c2cnc(C)c(-c3nnc(-c4ccc(CNC)cc4OC)o3)n2)ccc1=O.[HH].[HH]. The maximum absolute atomic E-state index is 12.3. The largest absolute Gasteiger partial charge is 0.496 e. The molecule has 0 radical (unpaired) electrons. The minimum absolute atomic E-state index is 0. The Kier molecular flexibility index (Phi) is 6.83. The monoisotopic (exact) mass is 464 g/mol. The van der Waals surface area contributed by atoms with Crippen LogP contribution in [0.4, 0.5) is 0 Å². The van der Waals surface area contributed by atoms with Crippen molar-refractivity contribution in [3.05, 3.63) is 64.3 Å². The Morgan fingerprint density at radius 2 is 2.00 bits per heavy atom. The van der Waals surface area contributed by atoms with Gasteiger partial charge in [-0.05, 0) is 51.1 Å². The molecule has 0 amide bonds. The molecule has 3 aromatic heterocycles. The summed E-state index contributed by atoms with van der Waals surface area (Å²) in [5, 5.41) is 11.6. The molecule has 0 bridgehead atoms. The third kappa shape index (κ3) is 4.60. The fourth-order valence-corrected chi connectivity index (χ4v) is 3.64. The van der Waals surface area contributed by atoms with Crippen molar-refractivity contribution in [3.8, 4) is 40.0 Å². The smallest absolute Gasteiger partial charge is 0.268 e. The number of aryl methyl sites for hydroxylation is 1. The number of aromatic nitrogens is 5. The first-order valence-corrected chi connectivity index (χ1v) is 11.2. The van der Waals surface area contributed by atoms with Crippen molar-refractivity contribution in [2.75, 3.05) is 14.2 Å². The van der Waals surface area contributed by atoms with Crippen molar-refractivity contribution in [1.82, 2.24) is 30.0 Å². The zero-order valence-corrected chi connectivity index (χ0v) is 20.0. The summed E-state index contributed by atoms with van der Waals surface area (Å²) in [4.78, 5) is 21.5. The molecule has 0 saturated carbocycles. The van der Waals surface area contributed by atoms with Gasteiger partial charge in [-0.3, -0.25) is 9.78 Å². The molecule has 4 rings (SSSR count). The molecule has 180 valence electrons. The number of methoxy groups -OCH3 is 1. The lowest BCUT2D eigenvalue weighted by Gasteiger charge is -2.14. The minimum atomic E-state index is -0.0466. The van der Waals surface area contributed by atoms with Gasteiger partial charge in [0.25, 0.3) is 17.3 Å². The minimum Gasteiger partial charge on any atom is -0.496 e. The molecule has 9 heteroatoms. The number of hydrogen-bond donors (Lipinski definition) is 1. The lowest BCUT2D eigenvalue weighted by molar-refractivity contribution is 0.413. The van der Waals surface area contributed by atoms with E-state index in [0.29, 0.717) is 34.3 Å². The van der Waals surface area contributed by atoms with E-state index in [1.54, 1.807) is 30.0 Å². The van der Waals surface area contributed by atoms with Crippen LogP contribution in [0.1, 0.15) is 40.4 Å². The highest BCUT2D eigenvalue weighted by atomic mass is 16.5. The molecule has 1 N–H and O–H groups in total. The molecule has 0 aliphatic rings. The molecule has 4 aromatic rings. The highest BCUT2D eigenvalue weighted by molar-refractivity contribution is 5.66. The van der Waals surface area contributed by atoms with E-state index < -0.39 is 0 Å². The second kappa shape index (κ2) is 9.96. The van der Waals surface area contributed by atoms with Crippen LogP contribution in [0.5, 0.6) is 5.75 Å². The van der Waals surface area contributed by atoms with Crippen molar-refractivity contribution in [1.29, 1.82) is 0 Å². The summed E-state index contributed by atoms with van der Waals surface area (Å²) in [7, 11) is 3.50. The van der Waals surface area contributed by atoms with Crippen LogP contribution in [0.25, 0.3) is 34.3 Å². The molecule has 1 unspecified atom stereocenters. The topological polar surface area (TPSA) is 108 Å².